The lowest BCUT2D eigenvalue weighted by Gasteiger charge is -2.46. The highest BCUT2D eigenvalue weighted by atomic mass is 28.4. The average Bonchev–Trinajstić information content (AvgIpc) is 2.41. The van der Waals surface area contributed by atoms with Crippen LogP contribution in [0.25, 0.3) is 0 Å². The lowest BCUT2D eigenvalue weighted by molar-refractivity contribution is -0.138. The van der Waals surface area contributed by atoms with Gasteiger partial charge in [0, 0.05) is 0 Å². The van der Waals surface area contributed by atoms with Gasteiger partial charge < -0.3 is 13.4 Å². The van der Waals surface area contributed by atoms with Gasteiger partial charge in [0.2, 0.25) is 0 Å². The van der Waals surface area contributed by atoms with Gasteiger partial charge in [0.1, 0.15) is 8.24 Å². The van der Waals surface area contributed by atoms with E-state index in [4.69, 9.17) is 8.85 Å². The van der Waals surface area contributed by atoms with Crippen LogP contribution in [0.4, 0.5) is 0 Å². The topological polar surface area (TPSA) is 55.8 Å². The van der Waals surface area contributed by atoms with E-state index in [0.29, 0.717) is 0 Å². The molecule has 178 valence electrons. The first-order valence-electron chi connectivity index (χ1n) is 11.0. The van der Waals surface area contributed by atoms with Crippen molar-refractivity contribution in [3.05, 3.63) is 0 Å². The van der Waals surface area contributed by atoms with Gasteiger partial charge in [-0.25, -0.2) is 0 Å². The molecule has 8 heteroatoms. The third kappa shape index (κ3) is 7.60. The summed E-state index contributed by atoms with van der Waals surface area (Å²) in [7, 11) is -6.57. The molecule has 0 aromatic rings. The predicted molar refractivity (Wildman–Crippen MR) is 135 cm³/mol. The molecule has 5 nitrogen and oxygen atoms in total. The maximum absolute atomic E-state index is 13.0. The van der Waals surface area contributed by atoms with Crippen LogP contribution in [-0.4, -0.2) is 54.5 Å². The number of rotatable bonds is 7. The van der Waals surface area contributed by atoms with Gasteiger partial charge >= 0.3 is 11.9 Å². The predicted octanol–water partition coefficient (Wildman–Crippen LogP) is 6.39. The zero-order valence-corrected chi connectivity index (χ0v) is 25.5. The lowest BCUT2D eigenvalue weighted by atomic mass is 10.2. The normalized spacial score (nSPS) is 14.7. The zero-order chi connectivity index (χ0) is 24.6. The van der Waals surface area contributed by atoms with Gasteiger partial charge in [-0.15, -0.1) is 0 Å². The minimum atomic E-state index is -2.21. The molecule has 0 N–H and O–H groups in total. The molecular weight excluding hydrogens is 427 g/mol. The van der Waals surface area contributed by atoms with E-state index < -0.39 is 24.9 Å². The van der Waals surface area contributed by atoms with E-state index >= 15 is 0 Å². The van der Waals surface area contributed by atoms with E-state index in [1.807, 2.05) is 0 Å². The maximum Gasteiger partial charge on any atom is 0.306 e. The summed E-state index contributed by atoms with van der Waals surface area (Å²) in [5.41, 5.74) is 0. The number of hydrogen-bond acceptors (Lipinski definition) is 5. The third-order valence-electron chi connectivity index (χ3n) is 7.62. The molecule has 0 aliphatic heterocycles. The first-order chi connectivity index (χ1) is 12.8. The SMILES string of the molecule is CC(C)(C)[Si](C)(C)OC(=O)CN(CC(=O)O[Si](C)(C)C(C)(C)C)[Si](C)(C)C(C)(C)C. The minimum Gasteiger partial charge on any atom is -0.518 e. The highest BCUT2D eigenvalue weighted by Crippen LogP contribution is 2.40. The van der Waals surface area contributed by atoms with Gasteiger partial charge in [-0.2, -0.15) is 0 Å². The van der Waals surface area contributed by atoms with Crippen LogP contribution in [0.1, 0.15) is 62.3 Å². The molecule has 0 bridgehead atoms. The number of nitrogens with zero attached hydrogens (tertiary/aromatic N) is 1. The van der Waals surface area contributed by atoms with Gasteiger partial charge in [-0.05, 0) is 41.3 Å². The van der Waals surface area contributed by atoms with Crippen LogP contribution in [0, 0.1) is 0 Å². The Morgan fingerprint density at radius 1 is 0.600 bits per heavy atom. The Bertz CT molecular complexity index is 582. The average molecular weight is 476 g/mol. The fraction of sp³-hybridized carbons (Fsp3) is 0.909. The van der Waals surface area contributed by atoms with Crippen LogP contribution in [0.15, 0.2) is 0 Å². The molecule has 0 amide bonds. The van der Waals surface area contributed by atoms with E-state index in [0.717, 1.165) is 0 Å². The highest BCUT2D eigenvalue weighted by molar-refractivity contribution is 6.78. The fourth-order valence-electron chi connectivity index (χ4n) is 2.18. The molecule has 0 saturated heterocycles. The second-order valence-electron chi connectivity index (χ2n) is 13.1. The summed E-state index contributed by atoms with van der Waals surface area (Å²) in [5.74, 6) is -0.460. The molecule has 0 aromatic heterocycles. The monoisotopic (exact) mass is 475 g/mol. The molecule has 30 heavy (non-hydrogen) atoms. The molecule has 0 atom stereocenters. The van der Waals surface area contributed by atoms with Gasteiger partial charge in [0.15, 0.2) is 0 Å². The van der Waals surface area contributed by atoms with Crippen molar-refractivity contribution in [2.75, 3.05) is 13.1 Å². The Labute approximate surface area is 189 Å². The van der Waals surface area contributed by atoms with Crippen LogP contribution in [0.3, 0.4) is 0 Å². The van der Waals surface area contributed by atoms with Crippen molar-refractivity contribution in [3.63, 3.8) is 0 Å². The smallest absolute Gasteiger partial charge is 0.306 e. The maximum atomic E-state index is 13.0. The summed E-state index contributed by atoms with van der Waals surface area (Å²) >= 11 is 0. The molecule has 0 saturated carbocycles. The van der Waals surface area contributed by atoms with E-state index in [1.54, 1.807) is 0 Å². The van der Waals surface area contributed by atoms with Crippen LogP contribution in [0.2, 0.25) is 54.4 Å². The molecule has 0 aliphatic carbocycles. The van der Waals surface area contributed by atoms with E-state index in [9.17, 15) is 9.59 Å². The largest absolute Gasteiger partial charge is 0.518 e. The van der Waals surface area contributed by atoms with Gasteiger partial charge in [-0.1, -0.05) is 75.4 Å². The molecule has 0 aromatic carbocycles. The van der Waals surface area contributed by atoms with Gasteiger partial charge in [0.25, 0.3) is 16.6 Å². The van der Waals surface area contributed by atoms with E-state index in [2.05, 4.69) is 106 Å². The van der Waals surface area contributed by atoms with E-state index in [1.165, 1.54) is 0 Å². The standard InChI is InChI=1S/C22H49NO4Si3/c1-20(2,3)28(10,11)23(16-18(24)26-29(12,13)21(4,5)6)17-19(25)27-30(14,15)22(7,8)9/h16-17H2,1-15H3. The number of carbonyl (C=O) groups is 2. The second-order valence-corrected chi connectivity index (χ2v) is 27.8. The van der Waals surface area contributed by atoms with Crippen molar-refractivity contribution in [1.29, 1.82) is 0 Å². The van der Waals surface area contributed by atoms with Gasteiger partial charge in [-0.3, -0.25) is 9.59 Å². The van der Waals surface area contributed by atoms with Crippen molar-refractivity contribution >= 4 is 36.8 Å². The Balaban J connectivity index is 5.68. The first-order valence-corrected chi connectivity index (χ1v) is 19.8. The molecule has 0 aliphatic rings. The summed E-state index contributed by atoms with van der Waals surface area (Å²) in [6.07, 6.45) is 0. The van der Waals surface area contributed by atoms with Gasteiger partial charge in [0.05, 0.1) is 13.1 Å². The van der Waals surface area contributed by atoms with Crippen molar-refractivity contribution in [2.24, 2.45) is 0 Å². The first kappa shape index (κ1) is 29.6. The highest BCUT2D eigenvalue weighted by Gasteiger charge is 2.46. The van der Waals surface area contributed by atoms with Crippen LogP contribution < -0.4 is 0 Å². The second kappa shape index (κ2) is 9.19. The Hall–Kier alpha value is -0.449. The number of hydrogen-bond donors (Lipinski definition) is 0. The number of carbonyl (C=O) groups excluding carboxylic acids is 2. The summed E-state index contributed by atoms with van der Waals surface area (Å²) in [6.45, 7) is 32.3. The van der Waals surface area contributed by atoms with Crippen molar-refractivity contribution in [1.82, 2.24) is 4.57 Å². The Morgan fingerprint density at radius 3 is 1.07 bits per heavy atom. The van der Waals surface area contributed by atoms with Crippen LogP contribution in [0.5, 0.6) is 0 Å². The molecule has 0 radical (unpaired) electrons. The fourth-order valence-corrected chi connectivity index (χ4v) is 6.05. The minimum absolute atomic E-state index is 0.0124. The summed E-state index contributed by atoms with van der Waals surface area (Å²) in [5, 5.41) is -0.112. The molecular formula is C22H49NO4Si3. The lowest BCUT2D eigenvalue weighted by Crippen LogP contribution is -2.59. The molecule has 0 unspecified atom stereocenters. The summed E-state index contributed by atoms with van der Waals surface area (Å²) in [6, 6.07) is 0. The molecule has 0 fully saturated rings. The third-order valence-corrected chi connectivity index (χ3v) is 21.9. The Morgan fingerprint density at radius 2 is 0.867 bits per heavy atom. The van der Waals surface area contributed by atoms with E-state index in [-0.39, 0.29) is 40.1 Å². The van der Waals surface area contributed by atoms with Crippen LogP contribution >= 0.6 is 0 Å². The molecule has 0 heterocycles. The van der Waals surface area contributed by atoms with Crippen molar-refractivity contribution in [3.8, 4) is 0 Å². The summed E-state index contributed by atoms with van der Waals surface area (Å²) < 4.78 is 14.1. The Kier molecular flexibility index (Phi) is 9.06. The quantitative estimate of drug-likeness (QED) is 0.399. The van der Waals surface area contributed by atoms with Crippen LogP contribution in [-0.2, 0) is 18.4 Å². The van der Waals surface area contributed by atoms with Crippen molar-refractivity contribution < 1.29 is 18.4 Å². The zero-order valence-electron chi connectivity index (χ0n) is 22.5. The molecule has 0 rings (SSSR count). The van der Waals surface area contributed by atoms with Crippen molar-refractivity contribution in [2.45, 2.75) is 117 Å². The molecule has 0 spiro atoms. The summed E-state index contributed by atoms with van der Waals surface area (Å²) in [4.78, 5) is 25.9.